The minimum atomic E-state index is -1.37. The number of hydrogen-bond acceptors (Lipinski definition) is 2. The van der Waals surface area contributed by atoms with Crippen LogP contribution in [-0.4, -0.2) is 16.1 Å². The van der Waals surface area contributed by atoms with Gasteiger partial charge in [0.1, 0.15) is 5.69 Å². The normalized spacial score (nSPS) is 14.3. The fourth-order valence-corrected chi connectivity index (χ4v) is 1.08. The van der Waals surface area contributed by atoms with Crippen LogP contribution in [0.5, 0.6) is 0 Å². The highest BCUT2D eigenvalue weighted by molar-refractivity contribution is 5.89. The number of aromatic nitrogens is 1. The zero-order valence-corrected chi connectivity index (χ0v) is 6.84. The molecule has 2 rings (SSSR count). The SMILES string of the molecule is [2H]c1c([2H])c([2H])c2c(=O)cc(C(=O)O)[nH]c2c1[2H]. The lowest BCUT2D eigenvalue weighted by Crippen LogP contribution is -2.09. The summed E-state index contributed by atoms with van der Waals surface area (Å²) >= 11 is 0. The fraction of sp³-hybridized carbons (Fsp3) is 0. The Hall–Kier alpha value is -2.10. The van der Waals surface area contributed by atoms with Gasteiger partial charge in [0, 0.05) is 17.0 Å². The quantitative estimate of drug-likeness (QED) is 0.715. The molecule has 0 unspecified atom stereocenters. The van der Waals surface area contributed by atoms with Gasteiger partial charge in [-0.3, -0.25) is 4.79 Å². The summed E-state index contributed by atoms with van der Waals surface area (Å²) in [6.07, 6.45) is 0. The van der Waals surface area contributed by atoms with Crippen LogP contribution in [0.1, 0.15) is 16.0 Å². The molecular formula is C10H7NO3. The second-order valence-corrected chi connectivity index (χ2v) is 2.60. The molecule has 0 fully saturated rings. The first-order valence-corrected chi connectivity index (χ1v) is 3.71. The second kappa shape index (κ2) is 2.99. The maximum absolute atomic E-state index is 11.7. The number of hydrogen-bond donors (Lipinski definition) is 2. The molecule has 4 nitrogen and oxygen atoms in total. The van der Waals surface area contributed by atoms with Gasteiger partial charge in [-0.1, -0.05) is 12.1 Å². The molecule has 0 saturated carbocycles. The van der Waals surface area contributed by atoms with E-state index in [1.165, 1.54) is 0 Å². The van der Waals surface area contributed by atoms with Crippen molar-refractivity contribution in [2.24, 2.45) is 0 Å². The summed E-state index contributed by atoms with van der Waals surface area (Å²) in [5, 5.41) is 8.55. The van der Waals surface area contributed by atoms with Crippen LogP contribution in [0.25, 0.3) is 10.9 Å². The van der Waals surface area contributed by atoms with Crippen molar-refractivity contribution in [2.45, 2.75) is 0 Å². The number of carboxylic acid groups (broad SMARTS) is 1. The highest BCUT2D eigenvalue weighted by Crippen LogP contribution is 2.06. The summed E-state index contributed by atoms with van der Waals surface area (Å²) in [6, 6.07) is -1.20. The molecule has 0 radical (unpaired) electrons. The van der Waals surface area contributed by atoms with Crippen molar-refractivity contribution >= 4 is 16.9 Å². The number of fused-ring (bicyclic) bond motifs is 1. The van der Waals surface area contributed by atoms with E-state index in [1.54, 1.807) is 0 Å². The van der Waals surface area contributed by atoms with Gasteiger partial charge in [0.15, 0.2) is 5.43 Å². The van der Waals surface area contributed by atoms with Gasteiger partial charge in [-0.05, 0) is 12.1 Å². The number of aromatic carboxylic acids is 1. The van der Waals surface area contributed by atoms with Crippen molar-refractivity contribution in [3.05, 3.63) is 46.2 Å². The van der Waals surface area contributed by atoms with E-state index in [2.05, 4.69) is 4.98 Å². The summed E-state index contributed by atoms with van der Waals surface area (Å²) in [6.45, 7) is 0. The number of rotatable bonds is 1. The van der Waals surface area contributed by atoms with Gasteiger partial charge >= 0.3 is 5.97 Å². The molecule has 2 aromatic rings. The largest absolute Gasteiger partial charge is 0.477 e. The number of pyridine rings is 1. The molecule has 4 heteroatoms. The van der Waals surface area contributed by atoms with Crippen LogP contribution in [0.15, 0.2) is 35.0 Å². The van der Waals surface area contributed by atoms with Gasteiger partial charge in [-0.25, -0.2) is 4.79 Å². The molecule has 0 aliphatic carbocycles. The predicted molar refractivity (Wildman–Crippen MR) is 51.5 cm³/mol. The third kappa shape index (κ3) is 1.26. The number of H-pyrrole nitrogens is 1. The van der Waals surface area contributed by atoms with Crippen LogP contribution in [0.3, 0.4) is 0 Å². The fourth-order valence-electron chi connectivity index (χ4n) is 1.08. The Morgan fingerprint density at radius 3 is 2.86 bits per heavy atom. The molecule has 0 aliphatic heterocycles. The number of aromatic amines is 1. The molecule has 0 amide bonds. The zero-order valence-electron chi connectivity index (χ0n) is 10.8. The van der Waals surface area contributed by atoms with Crippen molar-refractivity contribution in [3.8, 4) is 0 Å². The molecule has 0 aliphatic rings. The Bertz CT molecular complexity index is 738. The van der Waals surface area contributed by atoms with E-state index >= 15 is 0 Å². The standard InChI is InChI=1S/C10H7NO3/c12-9-5-8(10(13)14)11-7-4-2-1-3-6(7)9/h1-5H,(H,11,12)(H,13,14)/i1D,2D,3D,4D. The average molecular weight is 193 g/mol. The summed E-state index contributed by atoms with van der Waals surface area (Å²) in [5.74, 6) is -1.37. The van der Waals surface area contributed by atoms with E-state index in [9.17, 15) is 9.59 Å². The first-order chi connectivity index (χ1) is 8.34. The zero-order chi connectivity index (χ0) is 13.6. The minimum Gasteiger partial charge on any atom is -0.477 e. The smallest absolute Gasteiger partial charge is 0.352 e. The third-order valence-corrected chi connectivity index (χ3v) is 1.70. The summed E-state index contributed by atoms with van der Waals surface area (Å²) in [4.78, 5) is 24.8. The van der Waals surface area contributed by atoms with Crippen molar-refractivity contribution < 1.29 is 15.4 Å². The first-order valence-electron chi connectivity index (χ1n) is 5.71. The summed E-state index contributed by atoms with van der Waals surface area (Å²) < 4.78 is 30.1. The van der Waals surface area contributed by atoms with Crippen molar-refractivity contribution in [2.75, 3.05) is 0 Å². The number of nitrogens with one attached hydrogen (secondary N) is 1. The first kappa shape index (κ1) is 4.95. The Labute approximate surface area is 84.4 Å². The van der Waals surface area contributed by atoms with Crippen molar-refractivity contribution in [3.63, 3.8) is 0 Å². The van der Waals surface area contributed by atoms with E-state index in [-0.39, 0.29) is 10.9 Å². The third-order valence-electron chi connectivity index (χ3n) is 1.70. The van der Waals surface area contributed by atoms with Crippen LogP contribution in [0, 0.1) is 0 Å². The Balaban J connectivity index is 3.07. The molecule has 0 spiro atoms. The summed E-state index contributed by atoms with van der Waals surface area (Å²) in [7, 11) is 0. The molecule has 1 aromatic heterocycles. The maximum Gasteiger partial charge on any atom is 0.352 e. The topological polar surface area (TPSA) is 70.2 Å². The predicted octanol–water partition coefficient (Wildman–Crippen LogP) is 1.23. The Morgan fingerprint density at radius 1 is 1.43 bits per heavy atom. The van der Waals surface area contributed by atoms with E-state index < -0.39 is 41.3 Å². The Kier molecular flexibility index (Phi) is 1.06. The molecule has 70 valence electrons. The van der Waals surface area contributed by atoms with Crippen LogP contribution < -0.4 is 5.43 Å². The van der Waals surface area contributed by atoms with Crippen LogP contribution in [0.4, 0.5) is 0 Å². The van der Waals surface area contributed by atoms with Gasteiger partial charge in [-0.15, -0.1) is 0 Å². The monoisotopic (exact) mass is 193 g/mol. The molecule has 1 heterocycles. The molecule has 0 saturated heterocycles. The van der Waals surface area contributed by atoms with Crippen LogP contribution in [-0.2, 0) is 0 Å². The molecule has 1 aromatic carbocycles. The van der Waals surface area contributed by atoms with Gasteiger partial charge in [0.2, 0.25) is 0 Å². The number of carboxylic acids is 1. The molecular weight excluding hydrogens is 182 g/mol. The molecule has 14 heavy (non-hydrogen) atoms. The van der Waals surface area contributed by atoms with Gasteiger partial charge < -0.3 is 10.1 Å². The number of benzene rings is 1. The summed E-state index contributed by atoms with van der Waals surface area (Å²) in [5.41, 5.74) is -1.38. The maximum atomic E-state index is 11.7. The lowest BCUT2D eigenvalue weighted by Gasteiger charge is -1.98. The van der Waals surface area contributed by atoms with Crippen LogP contribution >= 0.6 is 0 Å². The van der Waals surface area contributed by atoms with Crippen molar-refractivity contribution in [1.29, 1.82) is 0 Å². The van der Waals surface area contributed by atoms with Gasteiger partial charge in [0.25, 0.3) is 0 Å². The minimum absolute atomic E-state index is 0.203. The molecule has 0 bridgehead atoms. The van der Waals surface area contributed by atoms with Gasteiger partial charge in [0.05, 0.1) is 5.48 Å². The van der Waals surface area contributed by atoms with E-state index in [4.69, 9.17) is 10.6 Å². The average Bonchev–Trinajstić information content (AvgIpc) is 2.32. The Morgan fingerprint density at radius 2 is 2.14 bits per heavy atom. The van der Waals surface area contributed by atoms with E-state index in [0.29, 0.717) is 0 Å². The highest BCUT2D eigenvalue weighted by atomic mass is 16.4. The lowest BCUT2D eigenvalue weighted by atomic mass is 10.2. The van der Waals surface area contributed by atoms with E-state index in [1.807, 2.05) is 0 Å². The number of para-hydroxylation sites is 1. The van der Waals surface area contributed by atoms with Gasteiger partial charge in [-0.2, -0.15) is 0 Å². The van der Waals surface area contributed by atoms with E-state index in [0.717, 1.165) is 6.07 Å². The molecule has 2 N–H and O–H groups in total. The highest BCUT2D eigenvalue weighted by Gasteiger charge is 2.06. The number of carbonyl (C=O) groups is 1. The van der Waals surface area contributed by atoms with Crippen molar-refractivity contribution in [1.82, 2.24) is 4.98 Å². The molecule has 0 atom stereocenters. The lowest BCUT2D eigenvalue weighted by molar-refractivity contribution is 0.0691. The second-order valence-electron chi connectivity index (χ2n) is 2.60. The van der Waals surface area contributed by atoms with Crippen LogP contribution in [0.2, 0.25) is 0 Å².